The van der Waals surface area contributed by atoms with Gasteiger partial charge in [-0.1, -0.05) is 30.3 Å². The standard InChI is InChI=1S/C14H12N4/c1-11-6-5-9-13(10-11)18-16-14(15-17-18)12-7-3-2-4-8-12/h2-10H,1H3/p+1. The van der Waals surface area contributed by atoms with E-state index in [0.717, 1.165) is 11.3 Å². The van der Waals surface area contributed by atoms with E-state index in [4.69, 9.17) is 0 Å². The van der Waals surface area contributed by atoms with Crippen molar-refractivity contribution in [3.05, 3.63) is 60.2 Å². The van der Waals surface area contributed by atoms with Gasteiger partial charge in [0.25, 0.3) is 0 Å². The number of H-pyrrole nitrogens is 1. The number of aromatic amines is 1. The fraction of sp³-hybridized carbons (Fsp3) is 0.0714. The second-order valence-corrected chi connectivity index (χ2v) is 4.15. The first-order chi connectivity index (χ1) is 8.83. The third-order valence-corrected chi connectivity index (χ3v) is 2.72. The van der Waals surface area contributed by atoms with Gasteiger partial charge < -0.3 is 0 Å². The molecule has 1 aromatic heterocycles. The number of nitrogens with zero attached hydrogens (tertiary/aromatic N) is 3. The third-order valence-electron chi connectivity index (χ3n) is 2.72. The Labute approximate surface area is 105 Å². The van der Waals surface area contributed by atoms with Crippen molar-refractivity contribution in [1.82, 2.24) is 15.4 Å². The molecule has 0 fully saturated rings. The highest BCUT2D eigenvalue weighted by atomic mass is 15.6. The van der Waals surface area contributed by atoms with Gasteiger partial charge in [-0.25, -0.2) is 0 Å². The van der Waals surface area contributed by atoms with Gasteiger partial charge in [0.05, 0.1) is 10.7 Å². The van der Waals surface area contributed by atoms with E-state index in [1.807, 2.05) is 42.5 Å². The first kappa shape index (κ1) is 10.7. The Morgan fingerprint density at radius 2 is 1.83 bits per heavy atom. The zero-order chi connectivity index (χ0) is 12.4. The Balaban J connectivity index is 2.00. The highest BCUT2D eigenvalue weighted by Crippen LogP contribution is 2.11. The summed E-state index contributed by atoms with van der Waals surface area (Å²) >= 11 is 0. The maximum Gasteiger partial charge on any atom is 0.339 e. The molecule has 2 aromatic carbocycles. The van der Waals surface area contributed by atoms with Crippen LogP contribution < -0.4 is 4.80 Å². The first-order valence-electron chi connectivity index (χ1n) is 5.80. The van der Waals surface area contributed by atoms with Crippen LogP contribution >= 0.6 is 0 Å². The number of benzene rings is 2. The summed E-state index contributed by atoms with van der Waals surface area (Å²) in [5, 5.41) is 11.6. The Bertz CT molecular complexity index is 658. The average Bonchev–Trinajstić information content (AvgIpc) is 2.89. The van der Waals surface area contributed by atoms with Crippen molar-refractivity contribution in [3.8, 4) is 17.1 Å². The van der Waals surface area contributed by atoms with Crippen LogP contribution in [-0.4, -0.2) is 15.4 Å². The summed E-state index contributed by atoms with van der Waals surface area (Å²) in [6.45, 7) is 2.05. The zero-order valence-electron chi connectivity index (χ0n) is 10.0. The van der Waals surface area contributed by atoms with Crippen molar-refractivity contribution in [2.45, 2.75) is 6.92 Å². The molecule has 1 N–H and O–H groups in total. The quantitative estimate of drug-likeness (QED) is 0.693. The SMILES string of the molecule is Cc1cccc(-[n+]2nc(-c3ccccc3)n[nH]2)c1. The molecule has 1 heterocycles. The normalized spacial score (nSPS) is 10.5. The summed E-state index contributed by atoms with van der Waals surface area (Å²) in [7, 11) is 0. The Kier molecular flexibility index (Phi) is 2.61. The number of hydrogen-bond donors (Lipinski definition) is 1. The van der Waals surface area contributed by atoms with Crippen LogP contribution in [0.5, 0.6) is 0 Å². The molecule has 18 heavy (non-hydrogen) atoms. The molecule has 0 radical (unpaired) electrons. The van der Waals surface area contributed by atoms with E-state index in [9.17, 15) is 0 Å². The van der Waals surface area contributed by atoms with Crippen molar-refractivity contribution in [3.63, 3.8) is 0 Å². The summed E-state index contributed by atoms with van der Waals surface area (Å²) in [6.07, 6.45) is 0. The van der Waals surface area contributed by atoms with Crippen molar-refractivity contribution in [2.75, 3.05) is 0 Å². The molecule has 88 valence electrons. The molecule has 0 amide bonds. The smallest absolute Gasteiger partial charge is 0.0622 e. The highest BCUT2D eigenvalue weighted by Gasteiger charge is 2.14. The summed E-state index contributed by atoms with van der Waals surface area (Å²) in [4.78, 5) is 1.68. The van der Waals surface area contributed by atoms with Gasteiger partial charge in [-0.15, -0.1) is 0 Å². The topological polar surface area (TPSA) is 45.5 Å². The predicted octanol–water partition coefficient (Wildman–Crippen LogP) is 2.06. The minimum Gasteiger partial charge on any atom is -0.0622 e. The van der Waals surface area contributed by atoms with Crippen LogP contribution in [0.2, 0.25) is 0 Å². The maximum absolute atomic E-state index is 4.44. The molecule has 0 bridgehead atoms. The van der Waals surface area contributed by atoms with Gasteiger partial charge in [-0.3, -0.25) is 0 Å². The molecule has 0 aliphatic heterocycles. The molecule has 0 saturated carbocycles. The van der Waals surface area contributed by atoms with Crippen molar-refractivity contribution < 1.29 is 4.80 Å². The first-order valence-corrected chi connectivity index (χ1v) is 5.80. The second-order valence-electron chi connectivity index (χ2n) is 4.15. The molecule has 3 aromatic rings. The van der Waals surface area contributed by atoms with E-state index >= 15 is 0 Å². The maximum atomic E-state index is 4.44. The molecule has 0 unspecified atom stereocenters. The lowest BCUT2D eigenvalue weighted by Gasteiger charge is -1.93. The van der Waals surface area contributed by atoms with Crippen LogP contribution in [0.3, 0.4) is 0 Å². The van der Waals surface area contributed by atoms with Crippen LogP contribution in [0.4, 0.5) is 0 Å². The summed E-state index contributed by atoms with van der Waals surface area (Å²) in [5.41, 5.74) is 3.17. The molecule has 0 saturated heterocycles. The summed E-state index contributed by atoms with van der Waals surface area (Å²) < 4.78 is 0. The van der Waals surface area contributed by atoms with Gasteiger partial charge in [-0.05, 0) is 51.9 Å². The lowest BCUT2D eigenvalue weighted by atomic mass is 10.2. The minimum atomic E-state index is 0.692. The van der Waals surface area contributed by atoms with Gasteiger partial charge in [0.15, 0.2) is 5.69 Å². The molecular weight excluding hydrogens is 224 g/mol. The molecule has 0 aliphatic rings. The molecule has 0 atom stereocenters. The summed E-state index contributed by atoms with van der Waals surface area (Å²) in [5.74, 6) is 0.692. The summed E-state index contributed by atoms with van der Waals surface area (Å²) in [6, 6.07) is 18.0. The number of nitrogens with one attached hydrogen (secondary N) is 1. The fourth-order valence-electron chi connectivity index (χ4n) is 1.82. The van der Waals surface area contributed by atoms with Crippen LogP contribution in [0.1, 0.15) is 5.56 Å². The van der Waals surface area contributed by atoms with Crippen LogP contribution in [0.15, 0.2) is 54.6 Å². The molecule has 4 nitrogen and oxygen atoms in total. The van der Waals surface area contributed by atoms with Gasteiger partial charge in [0.2, 0.25) is 0 Å². The predicted molar refractivity (Wildman–Crippen MR) is 68.1 cm³/mol. The second kappa shape index (κ2) is 4.41. The molecule has 0 aliphatic carbocycles. The van der Waals surface area contributed by atoms with E-state index in [1.54, 1.807) is 4.80 Å². The van der Waals surface area contributed by atoms with Crippen LogP contribution in [0.25, 0.3) is 17.1 Å². The minimum absolute atomic E-state index is 0.692. The van der Waals surface area contributed by atoms with Gasteiger partial charge in [-0.2, -0.15) is 0 Å². The van der Waals surface area contributed by atoms with E-state index in [0.29, 0.717) is 5.82 Å². The van der Waals surface area contributed by atoms with E-state index in [-0.39, 0.29) is 0 Å². The Hall–Kier alpha value is -2.49. The Morgan fingerprint density at radius 3 is 2.61 bits per heavy atom. The van der Waals surface area contributed by atoms with E-state index < -0.39 is 0 Å². The number of aryl methyl sites for hydroxylation is 1. The molecule has 3 rings (SSSR count). The van der Waals surface area contributed by atoms with E-state index in [1.165, 1.54) is 5.56 Å². The highest BCUT2D eigenvalue weighted by molar-refractivity contribution is 5.52. The fourth-order valence-corrected chi connectivity index (χ4v) is 1.82. The molecular formula is C14H13N4+. The largest absolute Gasteiger partial charge is 0.339 e. The number of tetrazole rings is 1. The van der Waals surface area contributed by atoms with E-state index in [2.05, 4.69) is 34.5 Å². The molecule has 0 spiro atoms. The average molecular weight is 237 g/mol. The Morgan fingerprint density at radius 1 is 1.00 bits per heavy atom. The van der Waals surface area contributed by atoms with Crippen molar-refractivity contribution in [2.24, 2.45) is 0 Å². The monoisotopic (exact) mass is 237 g/mol. The zero-order valence-corrected chi connectivity index (χ0v) is 10.0. The van der Waals surface area contributed by atoms with Crippen molar-refractivity contribution >= 4 is 0 Å². The third kappa shape index (κ3) is 2.00. The van der Waals surface area contributed by atoms with Gasteiger partial charge in [0.1, 0.15) is 0 Å². The van der Waals surface area contributed by atoms with Crippen molar-refractivity contribution in [1.29, 1.82) is 0 Å². The number of hydrogen-bond acceptors (Lipinski definition) is 2. The number of aromatic nitrogens is 4. The molecule has 4 heteroatoms. The van der Waals surface area contributed by atoms with Crippen LogP contribution in [0, 0.1) is 6.92 Å². The lowest BCUT2D eigenvalue weighted by Crippen LogP contribution is -2.36. The lowest BCUT2D eigenvalue weighted by molar-refractivity contribution is -0.716. The van der Waals surface area contributed by atoms with Gasteiger partial charge in [0, 0.05) is 0 Å². The van der Waals surface area contributed by atoms with Crippen LogP contribution in [-0.2, 0) is 0 Å². The van der Waals surface area contributed by atoms with Gasteiger partial charge >= 0.3 is 5.82 Å². The number of rotatable bonds is 2.